The summed E-state index contributed by atoms with van der Waals surface area (Å²) in [5.74, 6) is -0.689. The number of aliphatic hydroxyl groups is 2. The van der Waals surface area contributed by atoms with E-state index in [1.807, 2.05) is 30.3 Å². The molecule has 212 valence electrons. The Bertz CT molecular complexity index is 1360. The van der Waals surface area contributed by atoms with E-state index in [2.05, 4.69) is 21.8 Å². The number of ether oxygens (including phenoxy) is 2. The summed E-state index contributed by atoms with van der Waals surface area (Å²) in [5.41, 5.74) is -3.14. The fraction of sp³-hybridized carbons (Fsp3) is 0.433. The van der Waals surface area contributed by atoms with Crippen LogP contribution in [0.2, 0.25) is 0 Å². The number of nitrogens with zero attached hydrogens (tertiary/aromatic N) is 3. The number of likely N-dealkylation sites (N-methyl/N-ethyl adjacent to an activating group) is 1. The fourth-order valence-corrected chi connectivity index (χ4v) is 6.97. The molecule has 3 aliphatic rings. The Morgan fingerprint density at radius 2 is 1.70 bits per heavy atom. The van der Waals surface area contributed by atoms with Gasteiger partial charge in [0.1, 0.15) is 11.5 Å². The number of rotatable bonds is 5. The molecule has 1 saturated carbocycles. The minimum Gasteiger partial charge on any atom is -0.495 e. The van der Waals surface area contributed by atoms with E-state index in [9.17, 15) is 23.4 Å². The van der Waals surface area contributed by atoms with Gasteiger partial charge >= 0.3 is 6.18 Å². The SMILES string of the molecule is COc1cncc2c1[C@]1(O)[C@H](O)[C@H](CN3CCN(C)CC3)[C@@H](c3ccccc3)[C@]1(c1ccc(C(F)(F)F)cc1)O2. The number of methoxy groups -OCH3 is 1. The first kappa shape index (κ1) is 27.0. The van der Waals surface area contributed by atoms with E-state index in [1.165, 1.54) is 31.6 Å². The molecule has 1 aliphatic carbocycles. The highest BCUT2D eigenvalue weighted by Gasteiger charge is 2.76. The molecule has 5 atom stereocenters. The van der Waals surface area contributed by atoms with Crippen molar-refractivity contribution in [2.75, 3.05) is 46.9 Å². The Morgan fingerprint density at radius 3 is 2.33 bits per heavy atom. The summed E-state index contributed by atoms with van der Waals surface area (Å²) in [7, 11) is 3.50. The Morgan fingerprint density at radius 1 is 1.02 bits per heavy atom. The normalized spacial score (nSPS) is 30.5. The number of halogens is 3. The van der Waals surface area contributed by atoms with Crippen molar-refractivity contribution in [3.05, 3.63) is 89.2 Å². The van der Waals surface area contributed by atoms with Crippen molar-refractivity contribution in [2.24, 2.45) is 5.92 Å². The van der Waals surface area contributed by atoms with E-state index >= 15 is 0 Å². The zero-order valence-corrected chi connectivity index (χ0v) is 22.3. The molecule has 0 unspecified atom stereocenters. The summed E-state index contributed by atoms with van der Waals surface area (Å²) < 4.78 is 52.9. The summed E-state index contributed by atoms with van der Waals surface area (Å²) in [6, 6.07) is 14.1. The van der Waals surface area contributed by atoms with Crippen LogP contribution >= 0.6 is 0 Å². The van der Waals surface area contributed by atoms with Gasteiger partial charge in [-0.2, -0.15) is 13.2 Å². The minimum absolute atomic E-state index is 0.222. The maximum Gasteiger partial charge on any atom is 0.416 e. The van der Waals surface area contributed by atoms with Crippen LogP contribution in [0.4, 0.5) is 13.2 Å². The highest BCUT2D eigenvalue weighted by molar-refractivity contribution is 5.59. The summed E-state index contributed by atoms with van der Waals surface area (Å²) in [6.07, 6.45) is -2.97. The van der Waals surface area contributed by atoms with Crippen LogP contribution in [-0.2, 0) is 17.4 Å². The van der Waals surface area contributed by atoms with E-state index < -0.39 is 40.9 Å². The van der Waals surface area contributed by atoms with E-state index in [-0.39, 0.29) is 17.1 Å². The van der Waals surface area contributed by atoms with Crippen LogP contribution in [0.3, 0.4) is 0 Å². The first-order chi connectivity index (χ1) is 19.1. The number of piperazine rings is 1. The molecule has 0 radical (unpaired) electrons. The van der Waals surface area contributed by atoms with E-state index in [4.69, 9.17) is 9.47 Å². The number of hydrogen-bond acceptors (Lipinski definition) is 7. The number of alkyl halides is 3. The molecule has 3 aromatic rings. The average molecular weight is 556 g/mol. The number of hydrogen-bond donors (Lipinski definition) is 2. The molecule has 0 spiro atoms. The van der Waals surface area contributed by atoms with Gasteiger partial charge in [0.25, 0.3) is 0 Å². The lowest BCUT2D eigenvalue weighted by molar-refractivity contribution is -0.152. The van der Waals surface area contributed by atoms with Crippen molar-refractivity contribution in [1.82, 2.24) is 14.8 Å². The smallest absolute Gasteiger partial charge is 0.416 e. The van der Waals surface area contributed by atoms with Gasteiger partial charge in [-0.3, -0.25) is 4.98 Å². The summed E-state index contributed by atoms with van der Waals surface area (Å²) in [6.45, 7) is 3.78. The summed E-state index contributed by atoms with van der Waals surface area (Å²) >= 11 is 0. The van der Waals surface area contributed by atoms with Crippen molar-refractivity contribution in [3.63, 3.8) is 0 Å². The number of pyridine rings is 1. The molecule has 2 aliphatic heterocycles. The van der Waals surface area contributed by atoms with Gasteiger partial charge in [0.15, 0.2) is 11.2 Å². The second kappa shape index (κ2) is 9.73. The van der Waals surface area contributed by atoms with Crippen LogP contribution < -0.4 is 9.47 Å². The molecule has 6 rings (SSSR count). The molecular formula is C30H32F3N3O4. The monoisotopic (exact) mass is 555 g/mol. The van der Waals surface area contributed by atoms with Crippen LogP contribution in [-0.4, -0.2) is 78.0 Å². The van der Waals surface area contributed by atoms with Crippen molar-refractivity contribution >= 4 is 0 Å². The Balaban J connectivity index is 1.58. The molecule has 1 saturated heterocycles. The molecule has 10 heteroatoms. The maximum atomic E-state index is 13.6. The number of aliphatic hydroxyl groups excluding tert-OH is 1. The predicted octanol–water partition coefficient (Wildman–Crippen LogP) is 3.61. The van der Waals surface area contributed by atoms with Crippen LogP contribution in [0.25, 0.3) is 0 Å². The van der Waals surface area contributed by atoms with Crippen LogP contribution in [0.5, 0.6) is 11.5 Å². The molecule has 2 fully saturated rings. The zero-order chi connectivity index (χ0) is 28.3. The molecule has 0 amide bonds. The second-order valence-electron chi connectivity index (χ2n) is 11.0. The van der Waals surface area contributed by atoms with Gasteiger partial charge in [-0.25, -0.2) is 0 Å². The third-order valence-corrected chi connectivity index (χ3v) is 8.88. The zero-order valence-electron chi connectivity index (χ0n) is 22.3. The van der Waals surface area contributed by atoms with Crippen molar-refractivity contribution in [3.8, 4) is 11.5 Å². The van der Waals surface area contributed by atoms with Gasteiger partial charge in [-0.05, 0) is 30.3 Å². The molecule has 3 heterocycles. The molecule has 0 bridgehead atoms. The van der Waals surface area contributed by atoms with Gasteiger partial charge in [-0.1, -0.05) is 42.5 Å². The lowest BCUT2D eigenvalue weighted by Crippen LogP contribution is -2.52. The van der Waals surface area contributed by atoms with Gasteiger partial charge in [0, 0.05) is 44.6 Å². The molecule has 7 nitrogen and oxygen atoms in total. The average Bonchev–Trinajstić information content (AvgIpc) is 3.33. The quantitative estimate of drug-likeness (QED) is 0.498. The highest BCUT2D eigenvalue weighted by atomic mass is 19.4. The predicted molar refractivity (Wildman–Crippen MR) is 141 cm³/mol. The van der Waals surface area contributed by atoms with Crippen molar-refractivity contribution < 1.29 is 32.9 Å². The van der Waals surface area contributed by atoms with Crippen LogP contribution in [0.1, 0.15) is 28.2 Å². The van der Waals surface area contributed by atoms with E-state index in [1.54, 1.807) is 0 Å². The lowest BCUT2D eigenvalue weighted by atomic mass is 9.70. The number of benzene rings is 2. The van der Waals surface area contributed by atoms with Gasteiger partial charge in [-0.15, -0.1) is 0 Å². The van der Waals surface area contributed by atoms with E-state index in [0.29, 0.717) is 12.1 Å². The third-order valence-electron chi connectivity index (χ3n) is 8.88. The Kier molecular flexibility index (Phi) is 6.57. The molecule has 1 aromatic heterocycles. The first-order valence-corrected chi connectivity index (χ1v) is 13.4. The maximum absolute atomic E-state index is 13.6. The Hall–Kier alpha value is -3.18. The van der Waals surface area contributed by atoms with Crippen molar-refractivity contribution in [2.45, 2.75) is 29.4 Å². The topological polar surface area (TPSA) is 78.3 Å². The Labute approximate surface area is 230 Å². The highest BCUT2D eigenvalue weighted by Crippen LogP contribution is 2.69. The third kappa shape index (κ3) is 3.92. The standard InChI is InChI=1S/C30H32F3N3O4/c1-35-12-14-36(15-13-35)18-22-25(19-6-4-3-5-7-19)29(20-8-10-21(11-9-20)30(31,32)33)28(38,27(22)37)26-23(39-2)16-34-17-24(26)40-29/h3-11,16-17,22,25,27,37-38H,12-15,18H2,1-2H3/t22-,25-,27-,28+,29+/m1/s1. The molecule has 40 heavy (non-hydrogen) atoms. The minimum atomic E-state index is -4.53. The molecule has 2 aromatic carbocycles. The van der Waals surface area contributed by atoms with Gasteiger partial charge in [0.05, 0.1) is 36.7 Å². The lowest BCUT2D eigenvalue weighted by Gasteiger charge is -2.41. The van der Waals surface area contributed by atoms with E-state index in [0.717, 1.165) is 43.9 Å². The first-order valence-electron chi connectivity index (χ1n) is 13.4. The number of aromatic nitrogens is 1. The van der Waals surface area contributed by atoms with Crippen LogP contribution in [0.15, 0.2) is 67.0 Å². The molecular weight excluding hydrogens is 523 g/mol. The van der Waals surface area contributed by atoms with Gasteiger partial charge < -0.3 is 29.5 Å². The number of fused-ring (bicyclic) bond motifs is 3. The largest absolute Gasteiger partial charge is 0.495 e. The van der Waals surface area contributed by atoms with Crippen molar-refractivity contribution in [1.29, 1.82) is 0 Å². The van der Waals surface area contributed by atoms with Crippen LogP contribution in [0, 0.1) is 5.92 Å². The fourth-order valence-electron chi connectivity index (χ4n) is 6.97. The molecule has 2 N–H and O–H groups in total. The van der Waals surface area contributed by atoms with Gasteiger partial charge in [0.2, 0.25) is 0 Å². The second-order valence-corrected chi connectivity index (χ2v) is 11.0. The summed E-state index contributed by atoms with van der Waals surface area (Å²) in [4.78, 5) is 8.69. The summed E-state index contributed by atoms with van der Waals surface area (Å²) in [5, 5.41) is 25.0.